The van der Waals surface area contributed by atoms with Crippen molar-refractivity contribution >= 4 is 5.82 Å². The second-order valence-electron chi connectivity index (χ2n) is 6.46. The molecule has 1 aromatic rings. The molecular formula is C17H27N3. The van der Waals surface area contributed by atoms with Gasteiger partial charge in [-0.3, -0.25) is 0 Å². The number of rotatable bonds is 3. The Morgan fingerprint density at radius 2 is 1.45 bits per heavy atom. The zero-order valence-electron chi connectivity index (χ0n) is 12.7. The van der Waals surface area contributed by atoms with E-state index in [9.17, 15) is 0 Å². The molecular weight excluding hydrogens is 246 g/mol. The molecule has 110 valence electrons. The molecule has 20 heavy (non-hydrogen) atoms. The van der Waals surface area contributed by atoms with Gasteiger partial charge in [0.2, 0.25) is 0 Å². The van der Waals surface area contributed by atoms with Gasteiger partial charge in [-0.15, -0.1) is 0 Å². The number of hydrogen-bond donors (Lipinski definition) is 1. The molecule has 0 unspecified atom stereocenters. The van der Waals surface area contributed by atoms with E-state index in [0.29, 0.717) is 11.8 Å². The number of nitrogens with zero attached hydrogens (tertiary/aromatic N) is 2. The molecule has 1 aromatic heterocycles. The van der Waals surface area contributed by atoms with E-state index < -0.39 is 0 Å². The first-order valence-corrected chi connectivity index (χ1v) is 8.43. The first-order valence-electron chi connectivity index (χ1n) is 8.43. The molecule has 0 aromatic carbocycles. The fourth-order valence-corrected chi connectivity index (χ4v) is 3.76. The lowest BCUT2D eigenvalue weighted by Gasteiger charge is -2.17. The molecule has 3 heteroatoms. The molecule has 2 saturated carbocycles. The maximum atomic E-state index is 4.98. The van der Waals surface area contributed by atoms with Gasteiger partial charge < -0.3 is 5.32 Å². The van der Waals surface area contributed by atoms with Gasteiger partial charge in [-0.2, -0.15) is 0 Å². The summed E-state index contributed by atoms with van der Waals surface area (Å²) in [5.74, 6) is 3.39. The van der Waals surface area contributed by atoms with Crippen molar-refractivity contribution in [2.45, 2.75) is 76.0 Å². The third-order valence-corrected chi connectivity index (χ3v) is 5.01. The van der Waals surface area contributed by atoms with Crippen LogP contribution < -0.4 is 5.32 Å². The average Bonchev–Trinajstić information content (AvgIpc) is 2.89. The van der Waals surface area contributed by atoms with Crippen LogP contribution in [0.25, 0.3) is 0 Å². The summed E-state index contributed by atoms with van der Waals surface area (Å²) in [5, 5.41) is 3.23. The third kappa shape index (κ3) is 3.13. The standard InChI is InChI=1S/C17H27N3/c1-18-16-12-15(13-8-6-7-9-13)19-17(20-16)14-10-4-2-3-5-11-14/h12-14H,2-11H2,1H3,(H,18,19,20). The van der Waals surface area contributed by atoms with Crippen LogP contribution in [-0.4, -0.2) is 17.0 Å². The molecule has 0 aliphatic heterocycles. The van der Waals surface area contributed by atoms with Crippen LogP contribution in [-0.2, 0) is 0 Å². The van der Waals surface area contributed by atoms with Crippen molar-refractivity contribution in [1.29, 1.82) is 0 Å². The maximum absolute atomic E-state index is 4.98. The van der Waals surface area contributed by atoms with Gasteiger partial charge in [-0.1, -0.05) is 38.5 Å². The van der Waals surface area contributed by atoms with E-state index in [1.807, 2.05) is 7.05 Å². The van der Waals surface area contributed by atoms with Gasteiger partial charge in [0, 0.05) is 30.6 Å². The molecule has 2 fully saturated rings. The van der Waals surface area contributed by atoms with Crippen molar-refractivity contribution in [1.82, 2.24) is 9.97 Å². The summed E-state index contributed by atoms with van der Waals surface area (Å²) in [5.41, 5.74) is 1.29. The van der Waals surface area contributed by atoms with Crippen LogP contribution in [0.2, 0.25) is 0 Å². The molecule has 0 spiro atoms. The fraction of sp³-hybridized carbons (Fsp3) is 0.765. The highest BCUT2D eigenvalue weighted by Crippen LogP contribution is 2.36. The van der Waals surface area contributed by atoms with Crippen molar-refractivity contribution in [2.75, 3.05) is 12.4 Å². The largest absolute Gasteiger partial charge is 0.373 e. The maximum Gasteiger partial charge on any atom is 0.134 e. The Balaban J connectivity index is 1.86. The summed E-state index contributed by atoms with van der Waals surface area (Å²) < 4.78 is 0. The minimum atomic E-state index is 0.589. The van der Waals surface area contributed by atoms with Crippen molar-refractivity contribution in [3.63, 3.8) is 0 Å². The van der Waals surface area contributed by atoms with E-state index >= 15 is 0 Å². The highest BCUT2D eigenvalue weighted by Gasteiger charge is 2.23. The van der Waals surface area contributed by atoms with Crippen LogP contribution in [0.4, 0.5) is 5.82 Å². The van der Waals surface area contributed by atoms with E-state index in [-0.39, 0.29) is 0 Å². The first-order chi connectivity index (χ1) is 9.86. The second-order valence-corrected chi connectivity index (χ2v) is 6.46. The van der Waals surface area contributed by atoms with Crippen LogP contribution in [0.15, 0.2) is 6.07 Å². The number of hydrogen-bond acceptors (Lipinski definition) is 3. The summed E-state index contributed by atoms with van der Waals surface area (Å²) in [6.07, 6.45) is 13.4. The van der Waals surface area contributed by atoms with E-state index in [0.717, 1.165) is 11.6 Å². The van der Waals surface area contributed by atoms with Crippen molar-refractivity contribution in [2.24, 2.45) is 0 Å². The zero-order valence-corrected chi connectivity index (χ0v) is 12.7. The molecule has 3 nitrogen and oxygen atoms in total. The van der Waals surface area contributed by atoms with Crippen LogP contribution in [0, 0.1) is 0 Å². The van der Waals surface area contributed by atoms with E-state index in [1.165, 1.54) is 69.9 Å². The van der Waals surface area contributed by atoms with Crippen LogP contribution in [0.5, 0.6) is 0 Å². The molecule has 0 bridgehead atoms. The van der Waals surface area contributed by atoms with Gasteiger partial charge in [-0.05, 0) is 25.7 Å². The van der Waals surface area contributed by atoms with Gasteiger partial charge in [0.05, 0.1) is 0 Å². The summed E-state index contributed by atoms with van der Waals surface area (Å²) in [4.78, 5) is 9.74. The molecule has 1 heterocycles. The lowest BCUT2D eigenvalue weighted by molar-refractivity contribution is 0.552. The van der Waals surface area contributed by atoms with E-state index in [4.69, 9.17) is 9.97 Å². The topological polar surface area (TPSA) is 37.8 Å². The number of aromatic nitrogens is 2. The highest BCUT2D eigenvalue weighted by atomic mass is 15.0. The molecule has 0 amide bonds. The van der Waals surface area contributed by atoms with Crippen molar-refractivity contribution < 1.29 is 0 Å². The quantitative estimate of drug-likeness (QED) is 0.817. The summed E-state index contributed by atoms with van der Waals surface area (Å²) in [6, 6.07) is 2.18. The average molecular weight is 273 g/mol. The van der Waals surface area contributed by atoms with Gasteiger partial charge in [0.15, 0.2) is 0 Å². The Morgan fingerprint density at radius 3 is 2.10 bits per heavy atom. The Hall–Kier alpha value is -1.12. The molecule has 1 N–H and O–H groups in total. The van der Waals surface area contributed by atoms with E-state index in [1.54, 1.807) is 0 Å². The molecule has 2 aliphatic rings. The monoisotopic (exact) mass is 273 g/mol. The van der Waals surface area contributed by atoms with Gasteiger partial charge in [0.1, 0.15) is 11.6 Å². The molecule has 0 atom stereocenters. The van der Waals surface area contributed by atoms with Crippen LogP contribution in [0.1, 0.15) is 87.6 Å². The fourth-order valence-electron chi connectivity index (χ4n) is 3.76. The van der Waals surface area contributed by atoms with E-state index in [2.05, 4.69) is 11.4 Å². The predicted octanol–water partition coefficient (Wildman–Crippen LogP) is 4.61. The summed E-state index contributed by atoms with van der Waals surface area (Å²) >= 11 is 0. The Kier molecular flexibility index (Phi) is 4.54. The first kappa shape index (κ1) is 13.8. The predicted molar refractivity (Wildman–Crippen MR) is 83.2 cm³/mol. The smallest absolute Gasteiger partial charge is 0.134 e. The highest BCUT2D eigenvalue weighted by molar-refractivity contribution is 5.37. The van der Waals surface area contributed by atoms with Crippen molar-refractivity contribution in [3.05, 3.63) is 17.6 Å². The minimum Gasteiger partial charge on any atom is -0.373 e. The van der Waals surface area contributed by atoms with Crippen molar-refractivity contribution in [3.8, 4) is 0 Å². The van der Waals surface area contributed by atoms with Crippen LogP contribution >= 0.6 is 0 Å². The number of nitrogens with one attached hydrogen (secondary N) is 1. The third-order valence-electron chi connectivity index (χ3n) is 5.01. The zero-order chi connectivity index (χ0) is 13.8. The lowest BCUT2D eigenvalue weighted by atomic mass is 9.98. The Labute approximate surface area is 122 Å². The van der Waals surface area contributed by atoms with Gasteiger partial charge in [0.25, 0.3) is 0 Å². The Bertz CT molecular complexity index is 430. The minimum absolute atomic E-state index is 0.589. The summed E-state index contributed by atoms with van der Waals surface area (Å²) in [6.45, 7) is 0. The lowest BCUT2D eigenvalue weighted by Crippen LogP contribution is -2.10. The molecule has 0 radical (unpaired) electrons. The van der Waals surface area contributed by atoms with Gasteiger partial charge >= 0.3 is 0 Å². The normalized spacial score (nSPS) is 21.9. The number of anilines is 1. The molecule has 0 saturated heterocycles. The molecule has 2 aliphatic carbocycles. The molecule has 3 rings (SSSR count). The Morgan fingerprint density at radius 1 is 0.850 bits per heavy atom. The SMILES string of the molecule is CNc1cc(C2CCCC2)nc(C2CCCCCC2)n1. The van der Waals surface area contributed by atoms with Gasteiger partial charge in [-0.25, -0.2) is 9.97 Å². The van der Waals surface area contributed by atoms with Crippen LogP contribution in [0.3, 0.4) is 0 Å². The second kappa shape index (κ2) is 6.55. The summed E-state index contributed by atoms with van der Waals surface area (Å²) in [7, 11) is 1.97.